The second-order valence-electron chi connectivity index (χ2n) is 6.35. The molecule has 24 heavy (non-hydrogen) atoms. The molecule has 0 spiro atoms. The number of nitrogens with one attached hydrogen (secondary N) is 1. The van der Waals surface area contributed by atoms with Crippen LogP contribution in [-0.2, 0) is 4.74 Å². The molecule has 2 aliphatic rings. The summed E-state index contributed by atoms with van der Waals surface area (Å²) < 4.78 is 11.2. The third kappa shape index (κ3) is 2.75. The fraction of sp³-hybridized carbons (Fsp3) is 0.471. The Morgan fingerprint density at radius 2 is 2.21 bits per heavy atom. The first-order valence-corrected chi connectivity index (χ1v) is 8.18. The van der Waals surface area contributed by atoms with E-state index in [1.165, 1.54) is 0 Å². The van der Waals surface area contributed by atoms with E-state index >= 15 is 0 Å². The van der Waals surface area contributed by atoms with Gasteiger partial charge >= 0.3 is 0 Å². The van der Waals surface area contributed by atoms with E-state index in [0.29, 0.717) is 42.3 Å². The van der Waals surface area contributed by atoms with Crippen LogP contribution in [0, 0.1) is 18.8 Å². The summed E-state index contributed by atoms with van der Waals surface area (Å²) >= 11 is 0. The molecular formula is C17H20N4O3. The lowest BCUT2D eigenvalue weighted by Crippen LogP contribution is -2.32. The number of aryl methyl sites for hydroxylation is 1. The predicted molar refractivity (Wildman–Crippen MR) is 86.6 cm³/mol. The van der Waals surface area contributed by atoms with Crippen LogP contribution in [-0.4, -0.2) is 53.1 Å². The quantitative estimate of drug-likeness (QED) is 0.918. The molecule has 126 valence electrons. The Kier molecular flexibility index (Phi) is 3.93. The Morgan fingerprint density at radius 1 is 1.38 bits per heavy atom. The third-order valence-corrected chi connectivity index (χ3v) is 4.90. The Hall–Kier alpha value is -2.41. The lowest BCUT2D eigenvalue weighted by atomic mass is 9.93. The van der Waals surface area contributed by atoms with Crippen LogP contribution in [0.25, 0.3) is 0 Å². The lowest BCUT2D eigenvalue weighted by Gasteiger charge is -2.20. The number of amides is 1. The van der Waals surface area contributed by atoms with Crippen LogP contribution in [0.3, 0.4) is 0 Å². The largest absolute Gasteiger partial charge is 0.469 e. The number of nitrogens with zero attached hydrogens (tertiary/aromatic N) is 3. The van der Waals surface area contributed by atoms with E-state index in [2.05, 4.69) is 15.3 Å². The maximum Gasteiger partial charge on any atom is 0.257 e. The summed E-state index contributed by atoms with van der Waals surface area (Å²) in [6.07, 6.45) is 5.10. The van der Waals surface area contributed by atoms with Crippen molar-refractivity contribution in [2.24, 2.45) is 11.8 Å². The number of hydrogen-bond donors (Lipinski definition) is 1. The molecule has 0 unspecified atom stereocenters. The van der Waals surface area contributed by atoms with Crippen molar-refractivity contribution in [2.75, 3.05) is 31.6 Å². The molecule has 0 bridgehead atoms. The summed E-state index contributed by atoms with van der Waals surface area (Å²) in [5, 5.41) is 3.26. The van der Waals surface area contributed by atoms with Crippen LogP contribution in [0.5, 0.6) is 0 Å². The molecule has 0 radical (unpaired) electrons. The van der Waals surface area contributed by atoms with Crippen LogP contribution in [0.15, 0.2) is 35.2 Å². The van der Waals surface area contributed by atoms with Gasteiger partial charge in [0.2, 0.25) is 5.95 Å². The fourth-order valence-electron chi connectivity index (χ4n) is 3.56. The van der Waals surface area contributed by atoms with Gasteiger partial charge in [-0.25, -0.2) is 9.97 Å². The molecule has 2 fully saturated rings. The molecule has 2 aromatic heterocycles. The number of anilines is 1. The highest BCUT2D eigenvalue weighted by Gasteiger charge is 2.45. The van der Waals surface area contributed by atoms with Crippen molar-refractivity contribution in [3.8, 4) is 0 Å². The smallest absolute Gasteiger partial charge is 0.257 e. The minimum absolute atomic E-state index is 0.0253. The fourth-order valence-corrected chi connectivity index (χ4v) is 3.56. The van der Waals surface area contributed by atoms with Gasteiger partial charge in [0.15, 0.2) is 0 Å². The van der Waals surface area contributed by atoms with Crippen LogP contribution >= 0.6 is 0 Å². The van der Waals surface area contributed by atoms with Gasteiger partial charge < -0.3 is 19.4 Å². The first-order valence-electron chi connectivity index (χ1n) is 8.18. The van der Waals surface area contributed by atoms with Gasteiger partial charge in [-0.3, -0.25) is 4.79 Å². The zero-order valence-electron chi connectivity index (χ0n) is 13.5. The van der Waals surface area contributed by atoms with Gasteiger partial charge in [0.05, 0.1) is 24.5 Å². The highest BCUT2D eigenvalue weighted by atomic mass is 16.5. The van der Waals surface area contributed by atoms with Crippen molar-refractivity contribution in [3.05, 3.63) is 42.1 Å². The molecule has 4 heterocycles. The molecule has 2 aromatic rings. The van der Waals surface area contributed by atoms with Crippen molar-refractivity contribution < 1.29 is 13.9 Å². The minimum Gasteiger partial charge on any atom is -0.469 e. The average Bonchev–Trinajstić information content (AvgIpc) is 3.29. The van der Waals surface area contributed by atoms with Crippen molar-refractivity contribution in [1.82, 2.24) is 14.9 Å². The van der Waals surface area contributed by atoms with Crippen LogP contribution in [0.1, 0.15) is 16.1 Å². The van der Waals surface area contributed by atoms with Gasteiger partial charge in [0.1, 0.15) is 5.76 Å². The zero-order chi connectivity index (χ0) is 16.5. The molecule has 1 N–H and O–H groups in total. The Balaban J connectivity index is 1.38. The maximum atomic E-state index is 12.6. The molecule has 4 rings (SSSR count). The number of furan rings is 1. The van der Waals surface area contributed by atoms with Crippen LogP contribution in [0.2, 0.25) is 0 Å². The lowest BCUT2D eigenvalue weighted by molar-refractivity contribution is 0.0678. The predicted octanol–water partition coefficient (Wildman–Crippen LogP) is 1.58. The topological polar surface area (TPSA) is 80.5 Å². The number of aromatic nitrogens is 2. The van der Waals surface area contributed by atoms with Crippen molar-refractivity contribution >= 4 is 11.9 Å². The highest BCUT2D eigenvalue weighted by Crippen LogP contribution is 2.34. The summed E-state index contributed by atoms with van der Waals surface area (Å²) in [6, 6.07) is 3.52. The van der Waals surface area contributed by atoms with E-state index in [4.69, 9.17) is 9.15 Å². The highest BCUT2D eigenvalue weighted by molar-refractivity contribution is 5.95. The summed E-state index contributed by atoms with van der Waals surface area (Å²) in [6.45, 7) is 4.63. The first kappa shape index (κ1) is 15.1. The summed E-state index contributed by atoms with van der Waals surface area (Å²) in [7, 11) is 0. The molecule has 2 aliphatic heterocycles. The molecule has 0 aromatic carbocycles. The van der Waals surface area contributed by atoms with Crippen LogP contribution in [0.4, 0.5) is 5.95 Å². The minimum atomic E-state index is 0.0253. The molecule has 0 aliphatic carbocycles. The maximum absolute atomic E-state index is 12.6. The van der Waals surface area contributed by atoms with E-state index in [1.54, 1.807) is 30.8 Å². The Labute approximate surface area is 140 Å². The molecule has 0 saturated carbocycles. The normalized spacial score (nSPS) is 25.7. The number of rotatable bonds is 4. The average molecular weight is 328 g/mol. The number of carbonyl (C=O) groups is 1. The molecule has 1 amide bonds. The second kappa shape index (κ2) is 6.24. The van der Waals surface area contributed by atoms with Gasteiger partial charge in [-0.1, -0.05) is 0 Å². The number of carbonyl (C=O) groups excluding carboxylic acids is 1. The molecule has 7 nitrogen and oxygen atoms in total. The SMILES string of the molecule is Cc1occc1C(=O)N1C[C@H]2[C@H](CNc3ncccn3)CO[C@H]2C1. The van der Waals surface area contributed by atoms with Gasteiger partial charge in [-0.2, -0.15) is 0 Å². The number of likely N-dealkylation sites (tertiary alicyclic amines) is 1. The summed E-state index contributed by atoms with van der Waals surface area (Å²) in [4.78, 5) is 22.8. The molecule has 2 saturated heterocycles. The van der Waals surface area contributed by atoms with E-state index in [-0.39, 0.29) is 12.0 Å². The van der Waals surface area contributed by atoms with Crippen molar-refractivity contribution in [1.29, 1.82) is 0 Å². The molecular weight excluding hydrogens is 308 g/mol. The molecule has 3 atom stereocenters. The van der Waals surface area contributed by atoms with Crippen molar-refractivity contribution in [2.45, 2.75) is 13.0 Å². The zero-order valence-corrected chi connectivity index (χ0v) is 13.5. The second-order valence-corrected chi connectivity index (χ2v) is 6.35. The van der Waals surface area contributed by atoms with Crippen molar-refractivity contribution in [3.63, 3.8) is 0 Å². The third-order valence-electron chi connectivity index (χ3n) is 4.90. The van der Waals surface area contributed by atoms with E-state index in [1.807, 2.05) is 11.8 Å². The first-order chi connectivity index (χ1) is 11.7. The number of fused-ring (bicyclic) bond motifs is 1. The summed E-state index contributed by atoms with van der Waals surface area (Å²) in [5.41, 5.74) is 0.641. The summed E-state index contributed by atoms with van der Waals surface area (Å²) in [5.74, 6) is 2.01. The van der Waals surface area contributed by atoms with Gasteiger partial charge in [-0.15, -0.1) is 0 Å². The number of ether oxygens (including phenoxy) is 1. The van der Waals surface area contributed by atoms with Gasteiger partial charge in [0, 0.05) is 43.9 Å². The van der Waals surface area contributed by atoms with E-state index in [9.17, 15) is 4.79 Å². The molecule has 7 heteroatoms. The van der Waals surface area contributed by atoms with E-state index < -0.39 is 0 Å². The Morgan fingerprint density at radius 3 is 2.96 bits per heavy atom. The van der Waals surface area contributed by atoms with E-state index in [0.717, 1.165) is 13.1 Å². The van der Waals surface area contributed by atoms with Crippen LogP contribution < -0.4 is 5.32 Å². The standard InChI is InChI=1S/C17H20N4O3/c1-11-13(3-6-23-11)16(22)21-8-14-12(10-24-15(14)9-21)7-20-17-18-4-2-5-19-17/h2-6,12,14-15H,7-10H2,1H3,(H,18,19,20)/t12-,14+,15+/m1/s1. The monoisotopic (exact) mass is 328 g/mol. The van der Waals surface area contributed by atoms with Gasteiger partial charge in [-0.05, 0) is 19.1 Å². The number of hydrogen-bond acceptors (Lipinski definition) is 6. The van der Waals surface area contributed by atoms with Gasteiger partial charge in [0.25, 0.3) is 5.91 Å². The Bertz CT molecular complexity index is 718.